The minimum Gasteiger partial charge on any atom is -0.504 e. The molecule has 0 bridgehead atoms. The van der Waals surface area contributed by atoms with Crippen LogP contribution in [0.15, 0.2) is 6.07 Å². The van der Waals surface area contributed by atoms with E-state index in [0.717, 1.165) is 11.1 Å². The topological polar surface area (TPSA) is 92.8 Å². The number of aryl methyl sites for hydroxylation is 1. The largest absolute Gasteiger partial charge is 0.504 e. The minimum atomic E-state index is -0.902. The third kappa shape index (κ3) is 2.92. The highest BCUT2D eigenvalue weighted by Crippen LogP contribution is 2.38. The van der Waals surface area contributed by atoms with Gasteiger partial charge in [0, 0.05) is 18.0 Å². The number of aliphatic carboxylic acids is 1. The number of carboxylic acid groups (broad SMARTS) is 1. The van der Waals surface area contributed by atoms with E-state index in [2.05, 4.69) is 0 Å². The van der Waals surface area contributed by atoms with Crippen molar-refractivity contribution in [3.05, 3.63) is 22.8 Å². The Bertz CT molecular complexity index is 457. The van der Waals surface area contributed by atoms with Crippen LogP contribution in [0, 0.1) is 13.8 Å². The first-order valence-electron chi connectivity index (χ1n) is 5.72. The molecule has 0 amide bonds. The maximum atomic E-state index is 10.5. The smallest absolute Gasteiger partial charge is 0.303 e. The molecule has 0 aliphatic carbocycles. The Hall–Kier alpha value is -1.75. The van der Waals surface area contributed by atoms with Crippen molar-refractivity contribution in [1.29, 1.82) is 0 Å². The normalized spacial score (nSPS) is 12.2. The summed E-state index contributed by atoms with van der Waals surface area (Å²) < 4.78 is 5.15. The highest BCUT2D eigenvalue weighted by atomic mass is 16.5. The van der Waals surface area contributed by atoms with Crippen LogP contribution in [0.1, 0.15) is 35.6 Å². The molecule has 0 heterocycles. The van der Waals surface area contributed by atoms with Crippen molar-refractivity contribution < 1.29 is 19.7 Å². The zero-order chi connectivity index (χ0) is 13.9. The summed E-state index contributed by atoms with van der Waals surface area (Å²) in [7, 11) is 1.48. The molecule has 0 fully saturated rings. The lowest BCUT2D eigenvalue weighted by molar-refractivity contribution is -0.137. The first kappa shape index (κ1) is 14.3. The van der Waals surface area contributed by atoms with E-state index in [9.17, 15) is 9.90 Å². The number of nitrogens with two attached hydrogens (primary N) is 1. The summed E-state index contributed by atoms with van der Waals surface area (Å²) >= 11 is 0. The first-order valence-corrected chi connectivity index (χ1v) is 5.72. The van der Waals surface area contributed by atoms with Gasteiger partial charge in [-0.15, -0.1) is 0 Å². The molecule has 1 rings (SSSR count). The molecule has 1 aromatic carbocycles. The van der Waals surface area contributed by atoms with E-state index < -0.39 is 12.0 Å². The molecule has 4 N–H and O–H groups in total. The maximum absolute atomic E-state index is 10.5. The second-order valence-corrected chi connectivity index (χ2v) is 4.33. The molecular weight excluding hydrogens is 234 g/mol. The second kappa shape index (κ2) is 5.73. The average molecular weight is 253 g/mol. The van der Waals surface area contributed by atoms with Gasteiger partial charge in [0.05, 0.1) is 7.11 Å². The van der Waals surface area contributed by atoms with Gasteiger partial charge in [0.1, 0.15) is 0 Å². The van der Waals surface area contributed by atoms with Gasteiger partial charge < -0.3 is 20.7 Å². The molecule has 0 aliphatic rings. The zero-order valence-corrected chi connectivity index (χ0v) is 10.9. The Morgan fingerprint density at radius 1 is 1.50 bits per heavy atom. The van der Waals surface area contributed by atoms with Crippen LogP contribution < -0.4 is 10.5 Å². The van der Waals surface area contributed by atoms with Gasteiger partial charge in [-0.1, -0.05) is 6.07 Å². The molecular formula is C13H19NO4. The number of phenolic OH excluding ortho intramolecular Hbond substituents is 1. The van der Waals surface area contributed by atoms with Crippen molar-refractivity contribution in [2.24, 2.45) is 5.73 Å². The second-order valence-electron chi connectivity index (χ2n) is 4.33. The van der Waals surface area contributed by atoms with Crippen molar-refractivity contribution >= 4 is 5.97 Å². The van der Waals surface area contributed by atoms with E-state index >= 15 is 0 Å². The number of hydrogen-bond donors (Lipinski definition) is 3. The third-order valence-electron chi connectivity index (χ3n) is 3.07. The molecule has 1 atom stereocenters. The Morgan fingerprint density at radius 3 is 2.61 bits per heavy atom. The van der Waals surface area contributed by atoms with Gasteiger partial charge in [-0.05, 0) is 31.4 Å². The maximum Gasteiger partial charge on any atom is 0.303 e. The van der Waals surface area contributed by atoms with Crippen molar-refractivity contribution in [3.63, 3.8) is 0 Å². The van der Waals surface area contributed by atoms with Crippen LogP contribution >= 0.6 is 0 Å². The van der Waals surface area contributed by atoms with Crippen LogP contribution in [0.3, 0.4) is 0 Å². The number of methoxy groups -OCH3 is 1. The molecule has 0 aromatic heterocycles. The number of carboxylic acids is 1. The third-order valence-corrected chi connectivity index (χ3v) is 3.07. The predicted molar refractivity (Wildman–Crippen MR) is 67.9 cm³/mol. The van der Waals surface area contributed by atoms with Crippen molar-refractivity contribution in [2.45, 2.75) is 32.7 Å². The highest BCUT2D eigenvalue weighted by Gasteiger charge is 2.19. The van der Waals surface area contributed by atoms with E-state index in [1.165, 1.54) is 7.11 Å². The Kier molecular flexibility index (Phi) is 4.55. The van der Waals surface area contributed by atoms with Gasteiger partial charge in [-0.3, -0.25) is 4.79 Å². The summed E-state index contributed by atoms with van der Waals surface area (Å²) in [6.07, 6.45) is 0.240. The number of phenols is 1. The Morgan fingerprint density at radius 2 is 2.11 bits per heavy atom. The highest BCUT2D eigenvalue weighted by molar-refractivity contribution is 5.66. The number of carbonyl (C=O) groups is 1. The molecule has 1 aromatic rings. The molecule has 0 radical (unpaired) electrons. The molecule has 5 nitrogen and oxygen atoms in total. The number of benzene rings is 1. The van der Waals surface area contributed by atoms with Gasteiger partial charge in [0.2, 0.25) is 0 Å². The summed E-state index contributed by atoms with van der Waals surface area (Å²) in [4.78, 5) is 10.5. The number of rotatable bonds is 5. The summed E-state index contributed by atoms with van der Waals surface area (Å²) in [6.45, 7) is 3.74. The fourth-order valence-electron chi connectivity index (χ4n) is 1.86. The lowest BCUT2D eigenvalue weighted by Gasteiger charge is -2.18. The van der Waals surface area contributed by atoms with Crippen LogP contribution in [0.5, 0.6) is 11.5 Å². The van der Waals surface area contributed by atoms with Gasteiger partial charge in [-0.25, -0.2) is 0 Å². The Labute approximate surface area is 106 Å². The molecule has 0 spiro atoms. The first-order chi connectivity index (χ1) is 8.38. The molecule has 5 heteroatoms. The van der Waals surface area contributed by atoms with Crippen LogP contribution in [0.4, 0.5) is 0 Å². The standard InChI is InChI=1S/C13H19NO4/c1-7-6-9(10(14)4-5-11(15)16)12(17)13(18-3)8(7)2/h6,10,17H,4-5,14H2,1-3H3,(H,15,16). The molecule has 0 saturated carbocycles. The van der Waals surface area contributed by atoms with Crippen LogP contribution in [-0.4, -0.2) is 23.3 Å². The summed E-state index contributed by atoms with van der Waals surface area (Å²) in [5.74, 6) is -0.505. The van der Waals surface area contributed by atoms with Crippen LogP contribution in [0.2, 0.25) is 0 Å². The van der Waals surface area contributed by atoms with E-state index in [1.54, 1.807) is 6.07 Å². The fraction of sp³-hybridized carbons (Fsp3) is 0.462. The lowest BCUT2D eigenvalue weighted by Crippen LogP contribution is -2.13. The molecule has 100 valence electrons. The van der Waals surface area contributed by atoms with Crippen molar-refractivity contribution in [1.82, 2.24) is 0 Å². The van der Waals surface area contributed by atoms with E-state index in [0.29, 0.717) is 11.3 Å². The monoisotopic (exact) mass is 253 g/mol. The number of ether oxygens (including phenoxy) is 1. The molecule has 0 saturated heterocycles. The SMILES string of the molecule is COc1c(C)c(C)cc(C(N)CCC(=O)O)c1O. The molecule has 18 heavy (non-hydrogen) atoms. The number of hydrogen-bond acceptors (Lipinski definition) is 4. The van der Waals surface area contributed by atoms with E-state index in [-0.39, 0.29) is 18.6 Å². The molecule has 1 unspecified atom stereocenters. The van der Waals surface area contributed by atoms with E-state index in [1.807, 2.05) is 13.8 Å². The minimum absolute atomic E-state index is 0.00140. The van der Waals surface area contributed by atoms with Crippen molar-refractivity contribution in [2.75, 3.05) is 7.11 Å². The lowest BCUT2D eigenvalue weighted by atomic mass is 9.96. The van der Waals surface area contributed by atoms with Gasteiger partial charge in [-0.2, -0.15) is 0 Å². The number of aromatic hydroxyl groups is 1. The fourth-order valence-corrected chi connectivity index (χ4v) is 1.86. The van der Waals surface area contributed by atoms with Crippen LogP contribution in [-0.2, 0) is 4.79 Å². The summed E-state index contributed by atoms with van der Waals surface area (Å²) in [5.41, 5.74) is 8.23. The van der Waals surface area contributed by atoms with Crippen molar-refractivity contribution in [3.8, 4) is 11.5 Å². The van der Waals surface area contributed by atoms with E-state index in [4.69, 9.17) is 15.6 Å². The average Bonchev–Trinajstić information content (AvgIpc) is 2.31. The molecule has 0 aliphatic heterocycles. The quantitative estimate of drug-likeness (QED) is 0.745. The van der Waals surface area contributed by atoms with Crippen LogP contribution in [0.25, 0.3) is 0 Å². The predicted octanol–water partition coefficient (Wildman–Crippen LogP) is 1.88. The summed E-state index contributed by atoms with van der Waals surface area (Å²) in [5, 5.41) is 18.7. The zero-order valence-electron chi connectivity index (χ0n) is 10.9. The van der Waals surface area contributed by atoms with Gasteiger partial charge >= 0.3 is 5.97 Å². The van der Waals surface area contributed by atoms with Gasteiger partial charge in [0.15, 0.2) is 11.5 Å². The Balaban J connectivity index is 3.09. The van der Waals surface area contributed by atoms with Gasteiger partial charge in [0.25, 0.3) is 0 Å². The summed E-state index contributed by atoms with van der Waals surface area (Å²) in [6, 6.07) is 1.26.